The number of carbonyl (C=O) groups is 2. The zero-order chi connectivity index (χ0) is 14.7. The van der Waals surface area contributed by atoms with Crippen LogP contribution in [-0.2, 0) is 19.4 Å². The fourth-order valence-corrected chi connectivity index (χ4v) is 3.19. The quantitative estimate of drug-likeness (QED) is 0.743. The molecule has 19 heavy (non-hydrogen) atoms. The maximum atomic E-state index is 12.1. The summed E-state index contributed by atoms with van der Waals surface area (Å²) in [6.07, 6.45) is 0.959. The summed E-state index contributed by atoms with van der Waals surface area (Å²) in [5.74, 6) is -0.447. The Morgan fingerprint density at radius 2 is 1.79 bits per heavy atom. The summed E-state index contributed by atoms with van der Waals surface area (Å²) in [4.78, 5) is 25.5. The van der Waals surface area contributed by atoms with Crippen LogP contribution in [0.5, 0.6) is 0 Å². The number of hydrogen-bond donors (Lipinski definition) is 1. The van der Waals surface area contributed by atoms with Gasteiger partial charge in [0.2, 0.25) is 11.8 Å². The van der Waals surface area contributed by atoms with Crippen LogP contribution in [0.4, 0.5) is 0 Å². The molecule has 0 aromatic heterocycles. The SMILES string of the molecule is CCC1(CC)C(=O)NCC(=O)N1CCS(=O)(=O)CC. The van der Waals surface area contributed by atoms with Crippen molar-refractivity contribution in [3.63, 3.8) is 0 Å². The molecule has 0 unspecified atom stereocenters. The second kappa shape index (κ2) is 5.90. The lowest BCUT2D eigenvalue weighted by atomic mass is 9.87. The van der Waals surface area contributed by atoms with Gasteiger partial charge in [-0.3, -0.25) is 9.59 Å². The zero-order valence-electron chi connectivity index (χ0n) is 11.7. The van der Waals surface area contributed by atoms with Gasteiger partial charge in [0.25, 0.3) is 0 Å². The highest BCUT2D eigenvalue weighted by atomic mass is 32.2. The lowest BCUT2D eigenvalue weighted by molar-refractivity contribution is -0.154. The van der Waals surface area contributed by atoms with Crippen LogP contribution in [-0.4, -0.2) is 55.3 Å². The summed E-state index contributed by atoms with van der Waals surface area (Å²) in [7, 11) is -3.15. The predicted octanol–water partition coefficient (Wildman–Crippen LogP) is -0.0617. The minimum absolute atomic E-state index is 0.0481. The van der Waals surface area contributed by atoms with E-state index < -0.39 is 15.4 Å². The van der Waals surface area contributed by atoms with Crippen molar-refractivity contribution in [2.45, 2.75) is 39.2 Å². The lowest BCUT2D eigenvalue weighted by Crippen LogP contribution is -2.67. The molecule has 0 saturated carbocycles. The summed E-state index contributed by atoms with van der Waals surface area (Å²) >= 11 is 0. The van der Waals surface area contributed by atoms with Crippen molar-refractivity contribution < 1.29 is 18.0 Å². The average Bonchev–Trinajstić information content (AvgIpc) is 2.40. The van der Waals surface area contributed by atoms with Crippen molar-refractivity contribution in [1.29, 1.82) is 0 Å². The molecule has 110 valence electrons. The molecule has 0 bridgehead atoms. The number of nitrogens with one attached hydrogen (secondary N) is 1. The van der Waals surface area contributed by atoms with E-state index >= 15 is 0 Å². The van der Waals surface area contributed by atoms with Crippen molar-refractivity contribution in [3.8, 4) is 0 Å². The van der Waals surface area contributed by atoms with Gasteiger partial charge in [0.15, 0.2) is 9.84 Å². The maximum absolute atomic E-state index is 12.1. The topological polar surface area (TPSA) is 83.6 Å². The van der Waals surface area contributed by atoms with Crippen LogP contribution in [0.25, 0.3) is 0 Å². The van der Waals surface area contributed by atoms with Crippen LogP contribution in [0.3, 0.4) is 0 Å². The van der Waals surface area contributed by atoms with Gasteiger partial charge in [0.1, 0.15) is 5.54 Å². The molecule has 0 aromatic rings. The molecule has 1 rings (SSSR count). The third kappa shape index (κ3) is 3.08. The van der Waals surface area contributed by atoms with E-state index in [0.29, 0.717) is 12.8 Å². The summed E-state index contributed by atoms with van der Waals surface area (Å²) in [6.45, 7) is 5.29. The molecule has 1 saturated heterocycles. The highest BCUT2D eigenvalue weighted by Crippen LogP contribution is 2.27. The molecule has 0 aliphatic carbocycles. The first kappa shape index (κ1) is 15.9. The number of nitrogens with zero attached hydrogens (tertiary/aromatic N) is 1. The smallest absolute Gasteiger partial charge is 0.246 e. The first-order valence-corrected chi connectivity index (χ1v) is 8.44. The number of hydrogen-bond acceptors (Lipinski definition) is 4. The van der Waals surface area contributed by atoms with Gasteiger partial charge in [-0.2, -0.15) is 0 Å². The highest BCUT2D eigenvalue weighted by molar-refractivity contribution is 7.91. The minimum Gasteiger partial charge on any atom is -0.345 e. The van der Waals surface area contributed by atoms with Gasteiger partial charge in [0, 0.05) is 12.3 Å². The molecule has 1 fully saturated rings. The molecule has 0 radical (unpaired) electrons. The first-order valence-electron chi connectivity index (χ1n) is 6.62. The van der Waals surface area contributed by atoms with Crippen LogP contribution >= 0.6 is 0 Å². The van der Waals surface area contributed by atoms with Crippen LogP contribution in [0.15, 0.2) is 0 Å². The molecular formula is C12H22N2O4S. The number of amides is 2. The van der Waals surface area contributed by atoms with E-state index in [9.17, 15) is 18.0 Å². The number of rotatable bonds is 6. The van der Waals surface area contributed by atoms with Gasteiger partial charge in [-0.1, -0.05) is 20.8 Å². The minimum atomic E-state index is -3.15. The van der Waals surface area contributed by atoms with Crippen LogP contribution in [0.1, 0.15) is 33.6 Å². The normalized spacial score (nSPS) is 19.4. The Kier molecular flexibility index (Phi) is 4.95. The van der Waals surface area contributed by atoms with Crippen LogP contribution < -0.4 is 5.32 Å². The monoisotopic (exact) mass is 290 g/mol. The Hall–Kier alpha value is -1.11. The van der Waals surface area contributed by atoms with E-state index in [2.05, 4.69) is 5.32 Å². The second-order valence-corrected chi connectivity index (χ2v) is 7.18. The first-order chi connectivity index (χ1) is 8.83. The molecule has 1 N–H and O–H groups in total. The number of carbonyl (C=O) groups excluding carboxylic acids is 2. The molecule has 0 aromatic carbocycles. The summed E-state index contributed by atoms with van der Waals surface area (Å²) < 4.78 is 23.2. The fourth-order valence-electron chi connectivity index (χ4n) is 2.44. The Morgan fingerprint density at radius 1 is 1.21 bits per heavy atom. The van der Waals surface area contributed by atoms with Crippen LogP contribution in [0.2, 0.25) is 0 Å². The average molecular weight is 290 g/mol. The van der Waals surface area contributed by atoms with E-state index in [-0.39, 0.29) is 36.4 Å². The lowest BCUT2D eigenvalue weighted by Gasteiger charge is -2.45. The standard InChI is InChI=1S/C12H22N2O4S/c1-4-12(5-2)11(16)13-9-10(15)14(12)7-8-19(17,18)6-3/h4-9H2,1-3H3,(H,13,16). The fraction of sp³-hybridized carbons (Fsp3) is 0.833. The Balaban J connectivity index is 2.98. The van der Waals surface area contributed by atoms with E-state index in [1.165, 1.54) is 4.90 Å². The van der Waals surface area contributed by atoms with Gasteiger partial charge >= 0.3 is 0 Å². The molecule has 2 amide bonds. The molecule has 6 nitrogen and oxygen atoms in total. The van der Waals surface area contributed by atoms with Gasteiger partial charge in [0.05, 0.1) is 12.3 Å². The number of piperazine rings is 1. The van der Waals surface area contributed by atoms with Crippen molar-refractivity contribution >= 4 is 21.7 Å². The van der Waals surface area contributed by atoms with E-state index in [0.717, 1.165) is 0 Å². The van der Waals surface area contributed by atoms with Crippen molar-refractivity contribution in [1.82, 2.24) is 10.2 Å². The summed E-state index contributed by atoms with van der Waals surface area (Å²) in [5.41, 5.74) is -0.904. The zero-order valence-corrected chi connectivity index (χ0v) is 12.5. The molecule has 1 aliphatic rings. The summed E-state index contributed by atoms with van der Waals surface area (Å²) in [5, 5.41) is 2.59. The maximum Gasteiger partial charge on any atom is 0.246 e. The van der Waals surface area contributed by atoms with Crippen molar-refractivity contribution in [2.75, 3.05) is 24.6 Å². The van der Waals surface area contributed by atoms with Gasteiger partial charge in [-0.05, 0) is 12.8 Å². The Morgan fingerprint density at radius 3 is 2.26 bits per heavy atom. The number of sulfone groups is 1. The second-order valence-electron chi connectivity index (χ2n) is 4.70. The molecule has 7 heteroatoms. The van der Waals surface area contributed by atoms with Gasteiger partial charge in [-0.15, -0.1) is 0 Å². The van der Waals surface area contributed by atoms with E-state index in [1.807, 2.05) is 13.8 Å². The van der Waals surface area contributed by atoms with E-state index in [1.54, 1.807) is 6.92 Å². The van der Waals surface area contributed by atoms with Gasteiger partial charge in [-0.25, -0.2) is 8.42 Å². The highest BCUT2D eigenvalue weighted by Gasteiger charge is 2.46. The Bertz CT molecular complexity index is 454. The van der Waals surface area contributed by atoms with Crippen molar-refractivity contribution in [3.05, 3.63) is 0 Å². The predicted molar refractivity (Wildman–Crippen MR) is 72.4 cm³/mol. The summed E-state index contributed by atoms with van der Waals surface area (Å²) in [6, 6.07) is 0. The Labute approximate surface area is 114 Å². The molecular weight excluding hydrogens is 268 g/mol. The molecule has 0 atom stereocenters. The van der Waals surface area contributed by atoms with Gasteiger partial charge < -0.3 is 10.2 Å². The molecule has 0 spiro atoms. The third-order valence-electron chi connectivity index (χ3n) is 3.88. The molecule has 1 aliphatic heterocycles. The van der Waals surface area contributed by atoms with Crippen LogP contribution in [0, 0.1) is 0 Å². The third-order valence-corrected chi connectivity index (χ3v) is 5.56. The van der Waals surface area contributed by atoms with E-state index in [4.69, 9.17) is 0 Å². The largest absolute Gasteiger partial charge is 0.345 e. The van der Waals surface area contributed by atoms with Crippen molar-refractivity contribution in [2.24, 2.45) is 0 Å². The molecule has 1 heterocycles.